The lowest BCUT2D eigenvalue weighted by Gasteiger charge is -2.12. The molecule has 0 atom stereocenters. The zero-order chi connectivity index (χ0) is 39.0. The van der Waals surface area contributed by atoms with E-state index in [1.165, 1.54) is 43.7 Å². The van der Waals surface area contributed by atoms with Crippen molar-refractivity contribution in [1.82, 2.24) is 19.1 Å². The Bertz CT molecular complexity index is 3170. The Morgan fingerprint density at radius 2 is 0.707 bits per heavy atom. The van der Waals surface area contributed by atoms with Crippen LogP contribution < -0.4 is 0 Å². The van der Waals surface area contributed by atoms with Gasteiger partial charge in [0.15, 0.2) is 5.82 Å². The molecule has 3 aromatic heterocycles. The van der Waals surface area contributed by atoms with Gasteiger partial charge in [0.05, 0.1) is 33.5 Å². The molecule has 11 rings (SSSR count). The number of hydrogen-bond acceptors (Lipinski definition) is 2. The molecule has 0 spiro atoms. The molecule has 0 bridgehead atoms. The third-order valence-corrected chi connectivity index (χ3v) is 10.9. The molecule has 8 aromatic carbocycles. The lowest BCUT2D eigenvalue weighted by Crippen LogP contribution is -1.98. The fraction of sp³-hybridized carbons (Fsp3) is 0.0370. The van der Waals surface area contributed by atoms with Gasteiger partial charge in [-0.1, -0.05) is 153 Å². The van der Waals surface area contributed by atoms with E-state index in [1.807, 2.05) is 26.0 Å². The number of hydrogen-bond donors (Lipinski definition) is 0. The highest BCUT2D eigenvalue weighted by atomic mass is 15.0. The van der Waals surface area contributed by atoms with E-state index in [2.05, 4.69) is 203 Å². The van der Waals surface area contributed by atoms with Crippen molar-refractivity contribution in [3.8, 4) is 56.4 Å². The fourth-order valence-electron chi connectivity index (χ4n) is 8.31. The first kappa shape index (κ1) is 34.9. The summed E-state index contributed by atoms with van der Waals surface area (Å²) in [6.45, 7) is 4.00. The van der Waals surface area contributed by atoms with Crippen LogP contribution in [0.25, 0.3) is 100 Å². The van der Waals surface area contributed by atoms with Crippen molar-refractivity contribution in [2.75, 3.05) is 0 Å². The van der Waals surface area contributed by atoms with E-state index < -0.39 is 0 Å². The summed E-state index contributed by atoms with van der Waals surface area (Å²) in [7, 11) is 0. The molecule has 0 aliphatic heterocycles. The minimum Gasteiger partial charge on any atom is -0.309 e. The molecule has 0 fully saturated rings. The largest absolute Gasteiger partial charge is 0.309 e. The predicted octanol–water partition coefficient (Wildman–Crippen LogP) is 14.4. The van der Waals surface area contributed by atoms with Gasteiger partial charge in [-0.2, -0.15) is 0 Å². The summed E-state index contributed by atoms with van der Waals surface area (Å²) >= 11 is 0. The minimum atomic E-state index is 0.694. The van der Waals surface area contributed by atoms with Crippen molar-refractivity contribution >= 4 is 43.6 Å². The molecule has 276 valence electrons. The molecule has 3 heterocycles. The van der Waals surface area contributed by atoms with Crippen molar-refractivity contribution < 1.29 is 0 Å². The van der Waals surface area contributed by atoms with Crippen LogP contribution in [0.15, 0.2) is 206 Å². The number of para-hydroxylation sites is 3. The highest BCUT2D eigenvalue weighted by molar-refractivity contribution is 6.12. The molecule has 4 heteroatoms. The standard InChI is InChI=1S/C52H34N4.C2H6/c1-4-15-35(16-5-1)46-34-47(36-17-6-2-7-18-36)54-52(53-46)39-19-14-22-41(31-39)56-49-26-13-11-24-43(49)45-33-38(28-30-51(45)56)37-27-29-50-44(32-37)42-23-10-12-25-48(42)55(50)40-20-8-3-9-21-40;1-2/h1-34H;1-2H3. The number of rotatable bonds is 6. The smallest absolute Gasteiger partial charge is 0.160 e. The average Bonchev–Trinajstić information content (AvgIpc) is 3.83. The van der Waals surface area contributed by atoms with Crippen molar-refractivity contribution in [3.05, 3.63) is 206 Å². The zero-order valence-corrected chi connectivity index (χ0v) is 32.4. The first-order chi connectivity index (χ1) is 28.8. The first-order valence-electron chi connectivity index (χ1n) is 20.0. The SMILES string of the molecule is CC.c1ccc(-c2cc(-c3ccccc3)nc(-c3cccc(-n4c5ccccc5c5cc(-c6ccc7c(c6)c6ccccc6n7-c6ccccc6)ccc54)c3)n2)cc1. The molecule has 0 saturated heterocycles. The molecule has 0 aliphatic rings. The molecule has 58 heavy (non-hydrogen) atoms. The summed E-state index contributed by atoms with van der Waals surface area (Å²) in [5.74, 6) is 0.694. The van der Waals surface area contributed by atoms with Gasteiger partial charge in [0.25, 0.3) is 0 Å². The van der Waals surface area contributed by atoms with Crippen LogP contribution in [0.5, 0.6) is 0 Å². The normalized spacial score (nSPS) is 11.3. The highest BCUT2D eigenvalue weighted by Gasteiger charge is 2.17. The van der Waals surface area contributed by atoms with Gasteiger partial charge in [-0.3, -0.25) is 0 Å². The van der Waals surface area contributed by atoms with Gasteiger partial charge in [-0.15, -0.1) is 0 Å². The molecule has 0 amide bonds. The third kappa shape index (κ3) is 6.03. The monoisotopic (exact) mass is 744 g/mol. The maximum atomic E-state index is 5.13. The van der Waals surface area contributed by atoms with Crippen LogP contribution in [-0.4, -0.2) is 19.1 Å². The summed E-state index contributed by atoms with van der Waals surface area (Å²) in [6, 6.07) is 73.2. The van der Waals surface area contributed by atoms with E-state index in [4.69, 9.17) is 9.97 Å². The Balaban J connectivity index is 0.00000201. The van der Waals surface area contributed by atoms with Gasteiger partial charge < -0.3 is 9.13 Å². The predicted molar refractivity (Wildman–Crippen MR) is 244 cm³/mol. The number of benzene rings is 8. The van der Waals surface area contributed by atoms with Gasteiger partial charge in [0, 0.05) is 49.6 Å². The number of nitrogens with zero attached hydrogens (tertiary/aromatic N) is 4. The zero-order valence-electron chi connectivity index (χ0n) is 32.4. The van der Waals surface area contributed by atoms with Gasteiger partial charge in [0.1, 0.15) is 0 Å². The van der Waals surface area contributed by atoms with Crippen LogP contribution in [0.2, 0.25) is 0 Å². The summed E-state index contributed by atoms with van der Waals surface area (Å²) in [5, 5.41) is 4.92. The molecule has 4 nitrogen and oxygen atoms in total. The van der Waals surface area contributed by atoms with Crippen LogP contribution in [0.3, 0.4) is 0 Å². The number of fused-ring (bicyclic) bond motifs is 6. The van der Waals surface area contributed by atoms with Crippen molar-refractivity contribution in [2.24, 2.45) is 0 Å². The Labute approximate surface area is 338 Å². The van der Waals surface area contributed by atoms with Crippen molar-refractivity contribution in [1.29, 1.82) is 0 Å². The second-order valence-electron chi connectivity index (χ2n) is 14.2. The molecule has 0 unspecified atom stereocenters. The van der Waals surface area contributed by atoms with Crippen LogP contribution in [-0.2, 0) is 0 Å². The lowest BCUT2D eigenvalue weighted by atomic mass is 10.0. The van der Waals surface area contributed by atoms with Crippen LogP contribution in [0.1, 0.15) is 13.8 Å². The van der Waals surface area contributed by atoms with Crippen LogP contribution in [0, 0.1) is 0 Å². The Hall–Kier alpha value is -7.56. The van der Waals surface area contributed by atoms with E-state index in [9.17, 15) is 0 Å². The average molecular weight is 745 g/mol. The molecule has 0 radical (unpaired) electrons. The van der Waals surface area contributed by atoms with Gasteiger partial charge >= 0.3 is 0 Å². The summed E-state index contributed by atoms with van der Waals surface area (Å²) in [6.07, 6.45) is 0. The van der Waals surface area contributed by atoms with E-state index in [0.717, 1.165) is 50.5 Å². The molecule has 11 aromatic rings. The molecule has 0 N–H and O–H groups in total. The van der Waals surface area contributed by atoms with E-state index >= 15 is 0 Å². The Morgan fingerprint density at radius 1 is 0.293 bits per heavy atom. The molecule has 0 saturated carbocycles. The maximum Gasteiger partial charge on any atom is 0.160 e. The summed E-state index contributed by atoms with van der Waals surface area (Å²) in [5.41, 5.74) is 14.2. The Morgan fingerprint density at radius 3 is 1.24 bits per heavy atom. The summed E-state index contributed by atoms with van der Waals surface area (Å²) < 4.78 is 4.73. The van der Waals surface area contributed by atoms with Gasteiger partial charge in [-0.25, -0.2) is 9.97 Å². The second-order valence-corrected chi connectivity index (χ2v) is 14.2. The third-order valence-electron chi connectivity index (χ3n) is 10.9. The van der Waals surface area contributed by atoms with Gasteiger partial charge in [0.2, 0.25) is 0 Å². The quantitative estimate of drug-likeness (QED) is 0.170. The number of aromatic nitrogens is 4. The maximum absolute atomic E-state index is 5.13. The Kier molecular flexibility index (Phi) is 8.92. The van der Waals surface area contributed by atoms with Gasteiger partial charge in [-0.05, 0) is 77.9 Å². The van der Waals surface area contributed by atoms with Crippen molar-refractivity contribution in [3.63, 3.8) is 0 Å². The summed E-state index contributed by atoms with van der Waals surface area (Å²) in [4.78, 5) is 10.3. The molecular weight excluding hydrogens is 705 g/mol. The minimum absolute atomic E-state index is 0.694. The highest BCUT2D eigenvalue weighted by Crippen LogP contribution is 2.39. The van der Waals surface area contributed by atoms with E-state index in [1.54, 1.807) is 0 Å². The van der Waals surface area contributed by atoms with Crippen molar-refractivity contribution in [2.45, 2.75) is 13.8 Å². The van der Waals surface area contributed by atoms with E-state index in [0.29, 0.717) is 5.82 Å². The van der Waals surface area contributed by atoms with Crippen LogP contribution >= 0.6 is 0 Å². The fourth-order valence-corrected chi connectivity index (χ4v) is 8.31. The molecular formula is C54H40N4. The topological polar surface area (TPSA) is 35.6 Å². The van der Waals surface area contributed by atoms with E-state index in [-0.39, 0.29) is 0 Å². The second kappa shape index (κ2) is 14.8. The first-order valence-corrected chi connectivity index (χ1v) is 20.0. The van der Waals surface area contributed by atoms with Crippen LogP contribution in [0.4, 0.5) is 0 Å². The lowest BCUT2D eigenvalue weighted by molar-refractivity contribution is 1.16. The molecule has 0 aliphatic carbocycles.